The minimum absolute atomic E-state index is 0.0129. The van der Waals surface area contributed by atoms with E-state index in [-0.39, 0.29) is 23.8 Å². The molecule has 1 unspecified atom stereocenters. The molecular formula is C22H25N3O2. The van der Waals surface area contributed by atoms with Crippen molar-refractivity contribution in [3.05, 3.63) is 59.7 Å². The van der Waals surface area contributed by atoms with Gasteiger partial charge in [0.15, 0.2) is 0 Å². The fourth-order valence-electron chi connectivity index (χ4n) is 4.20. The second-order valence-corrected chi connectivity index (χ2v) is 7.49. The van der Waals surface area contributed by atoms with Gasteiger partial charge >= 0.3 is 0 Å². The Hall–Kier alpha value is -2.66. The second kappa shape index (κ2) is 7.53. The Morgan fingerprint density at radius 2 is 1.70 bits per heavy atom. The molecule has 140 valence electrons. The molecule has 1 aliphatic carbocycles. The molecule has 1 fully saturated rings. The molecule has 0 aromatic heterocycles. The van der Waals surface area contributed by atoms with Crippen molar-refractivity contribution in [3.63, 3.8) is 0 Å². The van der Waals surface area contributed by atoms with E-state index in [2.05, 4.69) is 21.6 Å². The van der Waals surface area contributed by atoms with Crippen LogP contribution in [0.1, 0.15) is 36.3 Å². The van der Waals surface area contributed by atoms with Crippen LogP contribution >= 0.6 is 0 Å². The average Bonchev–Trinajstić information content (AvgIpc) is 3.28. The molecule has 5 heteroatoms. The Balaban J connectivity index is 1.42. The van der Waals surface area contributed by atoms with E-state index in [9.17, 15) is 9.59 Å². The third-order valence-electron chi connectivity index (χ3n) is 5.67. The second-order valence-electron chi connectivity index (χ2n) is 7.49. The highest BCUT2D eigenvalue weighted by atomic mass is 16.2. The van der Waals surface area contributed by atoms with Gasteiger partial charge in [-0.1, -0.05) is 30.3 Å². The number of hydrogen-bond donors (Lipinski definition) is 2. The number of benzene rings is 2. The monoisotopic (exact) mass is 363 g/mol. The van der Waals surface area contributed by atoms with Crippen LogP contribution in [0.2, 0.25) is 0 Å². The maximum absolute atomic E-state index is 12.8. The van der Waals surface area contributed by atoms with Gasteiger partial charge in [0.1, 0.15) is 0 Å². The van der Waals surface area contributed by atoms with Crippen molar-refractivity contribution in [1.29, 1.82) is 0 Å². The lowest BCUT2D eigenvalue weighted by Gasteiger charge is -2.19. The van der Waals surface area contributed by atoms with Gasteiger partial charge in [-0.15, -0.1) is 0 Å². The summed E-state index contributed by atoms with van der Waals surface area (Å²) in [5, 5.41) is 6.00. The van der Waals surface area contributed by atoms with Crippen LogP contribution in [0.4, 0.5) is 11.4 Å². The number of nitrogens with zero attached hydrogens (tertiary/aromatic N) is 1. The van der Waals surface area contributed by atoms with E-state index < -0.39 is 0 Å². The Bertz CT molecular complexity index is 864. The molecule has 0 saturated carbocycles. The zero-order valence-corrected chi connectivity index (χ0v) is 15.6. The van der Waals surface area contributed by atoms with Crippen molar-refractivity contribution in [1.82, 2.24) is 4.90 Å². The molecule has 2 aromatic rings. The van der Waals surface area contributed by atoms with E-state index in [1.165, 1.54) is 5.56 Å². The van der Waals surface area contributed by atoms with E-state index in [0.29, 0.717) is 11.4 Å². The number of hydrogen-bond acceptors (Lipinski definition) is 3. The Kier molecular flexibility index (Phi) is 4.94. The SMILES string of the molecule is CN1CCC[C@H]1C(=O)Nc1cccc(NC(=O)C2CCc3ccccc32)c1. The zero-order valence-electron chi connectivity index (χ0n) is 15.6. The molecule has 2 aliphatic rings. The van der Waals surface area contributed by atoms with Crippen LogP contribution in [-0.4, -0.2) is 36.3 Å². The zero-order chi connectivity index (χ0) is 18.8. The first-order chi connectivity index (χ1) is 13.1. The van der Waals surface area contributed by atoms with Gasteiger partial charge in [-0.2, -0.15) is 0 Å². The minimum Gasteiger partial charge on any atom is -0.325 e. The predicted octanol–water partition coefficient (Wildman–Crippen LogP) is 3.39. The molecule has 27 heavy (non-hydrogen) atoms. The smallest absolute Gasteiger partial charge is 0.241 e. The number of aryl methyl sites for hydroxylation is 1. The summed E-state index contributed by atoms with van der Waals surface area (Å²) in [7, 11) is 1.98. The molecule has 1 aliphatic heterocycles. The van der Waals surface area contributed by atoms with Crippen LogP contribution in [-0.2, 0) is 16.0 Å². The van der Waals surface area contributed by atoms with Gasteiger partial charge in [-0.05, 0) is 68.6 Å². The summed E-state index contributed by atoms with van der Waals surface area (Å²) in [5.41, 5.74) is 3.81. The summed E-state index contributed by atoms with van der Waals surface area (Å²) in [6, 6.07) is 15.5. The van der Waals surface area contributed by atoms with Crippen LogP contribution in [0.3, 0.4) is 0 Å². The van der Waals surface area contributed by atoms with Gasteiger partial charge in [0.05, 0.1) is 12.0 Å². The Morgan fingerprint density at radius 3 is 2.44 bits per heavy atom. The third kappa shape index (κ3) is 3.74. The van der Waals surface area contributed by atoms with E-state index in [1.54, 1.807) is 0 Å². The Morgan fingerprint density at radius 1 is 0.963 bits per heavy atom. The van der Waals surface area contributed by atoms with Gasteiger partial charge in [0.2, 0.25) is 11.8 Å². The van der Waals surface area contributed by atoms with E-state index in [0.717, 1.165) is 37.8 Å². The Labute approximate surface area is 159 Å². The molecule has 1 heterocycles. The number of likely N-dealkylation sites (N-methyl/N-ethyl adjacent to an activating group) is 1. The van der Waals surface area contributed by atoms with Crippen LogP contribution in [0, 0.1) is 0 Å². The third-order valence-corrected chi connectivity index (χ3v) is 5.67. The van der Waals surface area contributed by atoms with Crippen LogP contribution < -0.4 is 10.6 Å². The number of carbonyl (C=O) groups excluding carboxylic acids is 2. The normalized spacial score (nSPS) is 21.7. The van der Waals surface area contributed by atoms with Gasteiger partial charge < -0.3 is 10.6 Å². The minimum atomic E-state index is -0.105. The summed E-state index contributed by atoms with van der Waals surface area (Å²) < 4.78 is 0. The van der Waals surface area contributed by atoms with Gasteiger partial charge in [0, 0.05) is 11.4 Å². The lowest BCUT2D eigenvalue weighted by atomic mass is 10.0. The maximum atomic E-state index is 12.8. The quantitative estimate of drug-likeness (QED) is 0.875. The molecule has 2 N–H and O–H groups in total. The van der Waals surface area contributed by atoms with Crippen molar-refractivity contribution >= 4 is 23.2 Å². The topological polar surface area (TPSA) is 61.4 Å². The van der Waals surface area contributed by atoms with Crippen molar-refractivity contribution in [2.45, 2.75) is 37.6 Å². The summed E-state index contributed by atoms with van der Waals surface area (Å²) in [5.74, 6) is -0.0752. The van der Waals surface area contributed by atoms with Crippen molar-refractivity contribution in [3.8, 4) is 0 Å². The van der Waals surface area contributed by atoms with Crippen molar-refractivity contribution in [2.75, 3.05) is 24.2 Å². The molecule has 0 radical (unpaired) electrons. The first kappa shape index (κ1) is 17.7. The molecule has 2 amide bonds. The summed E-state index contributed by atoms with van der Waals surface area (Å²) in [4.78, 5) is 27.3. The molecule has 5 nitrogen and oxygen atoms in total. The molecule has 1 saturated heterocycles. The number of rotatable bonds is 4. The summed E-state index contributed by atoms with van der Waals surface area (Å²) in [6.45, 7) is 0.955. The van der Waals surface area contributed by atoms with Crippen LogP contribution in [0.25, 0.3) is 0 Å². The molecule has 2 atom stereocenters. The van der Waals surface area contributed by atoms with Crippen LogP contribution in [0.5, 0.6) is 0 Å². The molecule has 0 spiro atoms. The molecule has 0 bridgehead atoms. The first-order valence-corrected chi connectivity index (χ1v) is 9.61. The number of anilines is 2. The number of carbonyl (C=O) groups is 2. The number of amides is 2. The van der Waals surface area contributed by atoms with E-state index >= 15 is 0 Å². The molecule has 4 rings (SSSR count). The number of likely N-dealkylation sites (tertiary alicyclic amines) is 1. The summed E-state index contributed by atoms with van der Waals surface area (Å²) >= 11 is 0. The average molecular weight is 363 g/mol. The van der Waals surface area contributed by atoms with E-state index in [1.807, 2.05) is 49.5 Å². The summed E-state index contributed by atoms with van der Waals surface area (Å²) in [6.07, 6.45) is 3.72. The maximum Gasteiger partial charge on any atom is 0.241 e. The van der Waals surface area contributed by atoms with Crippen LogP contribution in [0.15, 0.2) is 48.5 Å². The fraction of sp³-hybridized carbons (Fsp3) is 0.364. The lowest BCUT2D eigenvalue weighted by molar-refractivity contribution is -0.120. The lowest BCUT2D eigenvalue weighted by Crippen LogP contribution is -2.37. The van der Waals surface area contributed by atoms with Gasteiger partial charge in [0.25, 0.3) is 0 Å². The van der Waals surface area contributed by atoms with Crippen molar-refractivity contribution < 1.29 is 9.59 Å². The predicted molar refractivity (Wildman–Crippen MR) is 107 cm³/mol. The largest absolute Gasteiger partial charge is 0.325 e. The molecule has 2 aromatic carbocycles. The van der Waals surface area contributed by atoms with Gasteiger partial charge in [-0.3, -0.25) is 14.5 Å². The fourth-order valence-corrected chi connectivity index (χ4v) is 4.20. The first-order valence-electron chi connectivity index (χ1n) is 9.61. The standard InChI is InChI=1S/C22H25N3O2/c1-25-13-5-10-20(25)22(27)24-17-8-4-7-16(14-17)23-21(26)19-12-11-15-6-2-3-9-18(15)19/h2-4,6-9,14,19-20H,5,10-13H2,1H3,(H,23,26)(H,24,27)/t19?,20-/m0/s1. The number of nitrogens with one attached hydrogen (secondary N) is 2. The highest BCUT2D eigenvalue weighted by Crippen LogP contribution is 2.33. The highest BCUT2D eigenvalue weighted by molar-refractivity contribution is 5.98. The van der Waals surface area contributed by atoms with Gasteiger partial charge in [-0.25, -0.2) is 0 Å². The number of fused-ring (bicyclic) bond motifs is 1. The highest BCUT2D eigenvalue weighted by Gasteiger charge is 2.29. The van der Waals surface area contributed by atoms with E-state index in [4.69, 9.17) is 0 Å². The molecular weight excluding hydrogens is 338 g/mol. The van der Waals surface area contributed by atoms with Crippen molar-refractivity contribution in [2.24, 2.45) is 0 Å².